The van der Waals surface area contributed by atoms with E-state index in [-0.39, 0.29) is 11.3 Å². The van der Waals surface area contributed by atoms with Crippen LogP contribution >= 0.6 is 0 Å². The van der Waals surface area contributed by atoms with Crippen molar-refractivity contribution in [2.24, 2.45) is 0 Å². The number of piperidine rings is 1. The molecule has 6 rings (SSSR count). The number of methoxy groups -OCH3 is 1. The molecule has 0 aliphatic carbocycles. The molecule has 12 heteroatoms. The number of hydrogen-bond donors (Lipinski definition) is 1. The van der Waals surface area contributed by atoms with Crippen molar-refractivity contribution >= 4 is 5.91 Å². The number of rotatable bonds is 6. The average Bonchev–Trinajstić information content (AvgIpc) is 3.56. The van der Waals surface area contributed by atoms with E-state index in [1.54, 1.807) is 6.20 Å². The van der Waals surface area contributed by atoms with Gasteiger partial charge in [-0.05, 0) is 62.6 Å². The largest absolute Gasteiger partial charge is 0.481 e. The normalized spacial score (nSPS) is 20.2. The van der Waals surface area contributed by atoms with E-state index in [0.717, 1.165) is 54.6 Å². The van der Waals surface area contributed by atoms with Crippen LogP contribution in [0.25, 0.3) is 11.3 Å². The number of alkyl halides is 3. The van der Waals surface area contributed by atoms with Gasteiger partial charge in [0, 0.05) is 56.4 Å². The summed E-state index contributed by atoms with van der Waals surface area (Å²) in [6.45, 7) is 6.45. The summed E-state index contributed by atoms with van der Waals surface area (Å²) in [5.41, 5.74) is 1.79. The van der Waals surface area contributed by atoms with Gasteiger partial charge in [-0.25, -0.2) is 9.97 Å². The van der Waals surface area contributed by atoms with E-state index < -0.39 is 23.3 Å². The summed E-state index contributed by atoms with van der Waals surface area (Å²) in [5, 5.41) is 3.46. The van der Waals surface area contributed by atoms with E-state index in [9.17, 15) is 18.0 Å². The molecular formula is C31H35F3N6O3. The maximum Gasteiger partial charge on any atom is 0.434 e. The van der Waals surface area contributed by atoms with Gasteiger partial charge in [0.1, 0.15) is 0 Å². The van der Waals surface area contributed by atoms with Gasteiger partial charge in [-0.3, -0.25) is 14.7 Å². The Morgan fingerprint density at radius 2 is 1.95 bits per heavy atom. The van der Waals surface area contributed by atoms with Crippen molar-refractivity contribution < 1.29 is 27.4 Å². The minimum absolute atomic E-state index is 0.187. The van der Waals surface area contributed by atoms with E-state index in [4.69, 9.17) is 14.5 Å². The topological polar surface area (TPSA) is 92.7 Å². The summed E-state index contributed by atoms with van der Waals surface area (Å²) >= 11 is 0. The van der Waals surface area contributed by atoms with E-state index in [1.165, 1.54) is 18.1 Å². The number of pyridine rings is 3. The molecule has 3 aliphatic rings. The Balaban J connectivity index is 1.30. The SMILES string of the molecule is CCOc1ncccc1-c1ccc2c(n1)CN([C@@H]1CCNC1)CC21CCN(C(=O)c2ccc(OC)nc2C(F)(F)F)CC1. The van der Waals surface area contributed by atoms with Gasteiger partial charge in [-0.2, -0.15) is 13.2 Å². The number of likely N-dealkylation sites (tertiary alicyclic amines) is 1. The number of hydrogen-bond acceptors (Lipinski definition) is 8. The highest BCUT2D eigenvalue weighted by atomic mass is 19.4. The van der Waals surface area contributed by atoms with Gasteiger partial charge in [0.25, 0.3) is 5.91 Å². The molecule has 1 spiro atoms. The van der Waals surface area contributed by atoms with E-state index >= 15 is 0 Å². The Morgan fingerprint density at radius 3 is 2.65 bits per heavy atom. The molecule has 0 unspecified atom stereocenters. The Morgan fingerprint density at radius 1 is 1.14 bits per heavy atom. The molecule has 2 saturated heterocycles. The van der Waals surface area contributed by atoms with Crippen LogP contribution in [0.3, 0.4) is 0 Å². The number of aromatic nitrogens is 3. The Hall–Kier alpha value is -3.77. The van der Waals surface area contributed by atoms with Crippen molar-refractivity contribution in [1.82, 2.24) is 30.1 Å². The van der Waals surface area contributed by atoms with Crippen LogP contribution in [0.4, 0.5) is 13.2 Å². The number of amides is 1. The van der Waals surface area contributed by atoms with Gasteiger partial charge in [0.15, 0.2) is 5.69 Å². The molecule has 0 saturated carbocycles. The van der Waals surface area contributed by atoms with E-state index in [1.807, 2.05) is 25.1 Å². The molecule has 3 aliphatic heterocycles. The minimum Gasteiger partial charge on any atom is -0.481 e. The monoisotopic (exact) mass is 596 g/mol. The average molecular weight is 597 g/mol. The lowest BCUT2D eigenvalue weighted by Gasteiger charge is -2.49. The van der Waals surface area contributed by atoms with E-state index in [2.05, 4.69) is 26.3 Å². The smallest absolute Gasteiger partial charge is 0.434 e. The molecule has 1 amide bonds. The van der Waals surface area contributed by atoms with Crippen LogP contribution in [0, 0.1) is 0 Å². The lowest BCUT2D eigenvalue weighted by Crippen LogP contribution is -2.55. The zero-order chi connectivity index (χ0) is 30.2. The summed E-state index contributed by atoms with van der Waals surface area (Å²) in [7, 11) is 1.24. The van der Waals surface area contributed by atoms with Crippen molar-refractivity contribution in [2.75, 3.05) is 46.4 Å². The van der Waals surface area contributed by atoms with E-state index in [0.29, 0.717) is 51.0 Å². The molecule has 3 aromatic rings. The van der Waals surface area contributed by atoms with Crippen molar-refractivity contribution in [1.29, 1.82) is 0 Å². The molecule has 228 valence electrons. The zero-order valence-corrected chi connectivity index (χ0v) is 24.3. The summed E-state index contributed by atoms with van der Waals surface area (Å²) in [6, 6.07) is 10.8. The number of halogens is 3. The summed E-state index contributed by atoms with van der Waals surface area (Å²) in [6.07, 6.45) is -0.811. The van der Waals surface area contributed by atoms with Gasteiger partial charge in [0.05, 0.1) is 36.2 Å². The van der Waals surface area contributed by atoms with Crippen LogP contribution < -0.4 is 14.8 Å². The molecule has 0 radical (unpaired) electrons. The predicted octanol–water partition coefficient (Wildman–Crippen LogP) is 4.32. The number of ether oxygens (including phenoxy) is 2. The van der Waals surface area contributed by atoms with Crippen LogP contribution in [0.2, 0.25) is 0 Å². The first-order valence-electron chi connectivity index (χ1n) is 14.7. The lowest BCUT2D eigenvalue weighted by molar-refractivity contribution is -0.141. The number of nitrogens with zero attached hydrogens (tertiary/aromatic N) is 5. The van der Waals surface area contributed by atoms with Crippen LogP contribution in [-0.4, -0.2) is 83.1 Å². The minimum atomic E-state index is -4.78. The Labute approximate surface area is 248 Å². The second kappa shape index (κ2) is 11.7. The third-order valence-corrected chi connectivity index (χ3v) is 8.87. The Kier molecular flexibility index (Phi) is 7.99. The second-order valence-electron chi connectivity index (χ2n) is 11.4. The quantitative estimate of drug-likeness (QED) is 0.450. The van der Waals surface area contributed by atoms with Crippen molar-refractivity contribution in [3.8, 4) is 23.0 Å². The van der Waals surface area contributed by atoms with Crippen LogP contribution in [0.15, 0.2) is 42.6 Å². The van der Waals surface area contributed by atoms with Gasteiger partial charge in [0.2, 0.25) is 11.8 Å². The summed E-state index contributed by atoms with van der Waals surface area (Å²) in [4.78, 5) is 30.6. The van der Waals surface area contributed by atoms with Crippen molar-refractivity contribution in [3.63, 3.8) is 0 Å². The van der Waals surface area contributed by atoms with Crippen LogP contribution in [0.5, 0.6) is 11.8 Å². The highest BCUT2D eigenvalue weighted by Gasteiger charge is 2.46. The molecule has 0 bridgehead atoms. The molecule has 1 atom stereocenters. The van der Waals surface area contributed by atoms with Gasteiger partial charge in [-0.15, -0.1) is 0 Å². The third kappa shape index (κ3) is 5.65. The first-order chi connectivity index (χ1) is 20.7. The van der Waals surface area contributed by atoms with Crippen LogP contribution in [0.1, 0.15) is 53.5 Å². The molecular weight excluding hydrogens is 561 g/mol. The van der Waals surface area contributed by atoms with Crippen molar-refractivity contribution in [3.05, 3.63) is 65.1 Å². The zero-order valence-electron chi connectivity index (χ0n) is 24.3. The molecule has 9 nitrogen and oxygen atoms in total. The first-order valence-corrected chi connectivity index (χ1v) is 14.7. The maximum atomic E-state index is 13.8. The Bertz CT molecular complexity index is 1490. The molecule has 6 heterocycles. The number of nitrogens with one attached hydrogen (secondary N) is 1. The second-order valence-corrected chi connectivity index (χ2v) is 11.4. The highest BCUT2D eigenvalue weighted by molar-refractivity contribution is 5.95. The fourth-order valence-electron chi connectivity index (χ4n) is 6.70. The van der Waals surface area contributed by atoms with Gasteiger partial charge >= 0.3 is 6.18 Å². The lowest BCUT2D eigenvalue weighted by atomic mass is 9.69. The number of carbonyl (C=O) groups is 1. The summed E-state index contributed by atoms with van der Waals surface area (Å²) < 4.78 is 52.2. The fraction of sp³-hybridized carbons (Fsp3) is 0.484. The number of carbonyl (C=O) groups excluding carboxylic acids is 1. The van der Waals surface area contributed by atoms with Crippen molar-refractivity contribution in [2.45, 2.75) is 50.4 Å². The molecule has 2 fully saturated rings. The third-order valence-electron chi connectivity index (χ3n) is 8.87. The first kappa shape index (κ1) is 29.3. The number of fused-ring (bicyclic) bond motifs is 2. The maximum absolute atomic E-state index is 13.8. The predicted molar refractivity (Wildman–Crippen MR) is 153 cm³/mol. The molecule has 3 aromatic heterocycles. The van der Waals surface area contributed by atoms with Crippen LogP contribution in [-0.2, 0) is 18.1 Å². The molecule has 0 aromatic carbocycles. The summed E-state index contributed by atoms with van der Waals surface area (Å²) in [5.74, 6) is -0.315. The highest BCUT2D eigenvalue weighted by Crippen LogP contribution is 2.44. The fourth-order valence-corrected chi connectivity index (χ4v) is 6.70. The van der Waals surface area contributed by atoms with Gasteiger partial charge in [-0.1, -0.05) is 6.07 Å². The standard InChI is InChI=1S/C31H35F3N6O3/c1-3-43-28-21(5-4-13-36-28)24-8-7-23-25(37-24)18-40(20-10-14-35-17-20)19-30(23)11-15-39(16-12-30)29(41)22-6-9-26(42-2)38-27(22)31(32,33)34/h4-9,13,20,35H,3,10-12,14-19H2,1-2H3/t20-/m1/s1. The molecule has 43 heavy (non-hydrogen) atoms. The molecule has 1 N–H and O–H groups in total. The van der Waals surface area contributed by atoms with Gasteiger partial charge < -0.3 is 19.7 Å².